The van der Waals surface area contributed by atoms with E-state index in [1.54, 1.807) is 0 Å². The lowest BCUT2D eigenvalue weighted by atomic mass is 10.1. The summed E-state index contributed by atoms with van der Waals surface area (Å²) in [7, 11) is 0. The molecule has 2 heteroatoms. The molecule has 0 saturated heterocycles. The van der Waals surface area contributed by atoms with E-state index in [9.17, 15) is 0 Å². The first-order valence-corrected chi connectivity index (χ1v) is 5.99. The van der Waals surface area contributed by atoms with Crippen molar-refractivity contribution >= 4 is 5.82 Å². The zero-order valence-electron chi connectivity index (χ0n) is 10.8. The number of allylic oxidation sites excluding steroid dienone is 1. The lowest BCUT2D eigenvalue weighted by molar-refractivity contribution is 0.882. The molecule has 0 aliphatic carbocycles. The molecule has 0 radical (unpaired) electrons. The normalized spacial score (nSPS) is 11.6. The molecule has 0 spiro atoms. The third-order valence-corrected chi connectivity index (χ3v) is 2.57. The van der Waals surface area contributed by atoms with Crippen molar-refractivity contribution < 1.29 is 0 Å². The number of pyridine rings is 1. The van der Waals surface area contributed by atoms with E-state index in [2.05, 4.69) is 49.3 Å². The molecule has 0 bridgehead atoms. The summed E-state index contributed by atoms with van der Waals surface area (Å²) in [5.41, 5.74) is 3.77. The zero-order chi connectivity index (χ0) is 12.0. The quantitative estimate of drug-likeness (QED) is 0.759. The monoisotopic (exact) mass is 218 g/mol. The summed E-state index contributed by atoms with van der Waals surface area (Å²) in [5.74, 6) is 0.980. The molecule has 0 amide bonds. The number of nitrogens with one attached hydrogen (secondary N) is 1. The van der Waals surface area contributed by atoms with Gasteiger partial charge in [-0.15, -0.1) is 0 Å². The number of anilines is 1. The minimum atomic E-state index is 0.903. The van der Waals surface area contributed by atoms with Crippen LogP contribution in [0.2, 0.25) is 0 Å². The van der Waals surface area contributed by atoms with Crippen LogP contribution in [0.4, 0.5) is 5.82 Å². The van der Waals surface area contributed by atoms with E-state index in [0.717, 1.165) is 24.5 Å². The summed E-state index contributed by atoms with van der Waals surface area (Å²) in [6, 6.07) is 4.18. The minimum Gasteiger partial charge on any atom is -0.366 e. The van der Waals surface area contributed by atoms with Crippen LogP contribution >= 0.6 is 0 Å². The standard InChI is InChI=1S/C14H22N2/c1-5-7-13(6-2)10-15-14-9-11(3)8-12(4)16-14/h6,8-9H,5,7,10H2,1-4H3,(H,15,16)/b13-6-. The van der Waals surface area contributed by atoms with E-state index in [4.69, 9.17) is 0 Å². The van der Waals surface area contributed by atoms with Crippen LogP contribution in [0.3, 0.4) is 0 Å². The van der Waals surface area contributed by atoms with Crippen LogP contribution < -0.4 is 5.32 Å². The van der Waals surface area contributed by atoms with Gasteiger partial charge in [0, 0.05) is 12.2 Å². The van der Waals surface area contributed by atoms with Gasteiger partial charge in [0.1, 0.15) is 5.82 Å². The molecule has 1 heterocycles. The van der Waals surface area contributed by atoms with Crippen molar-refractivity contribution in [1.82, 2.24) is 4.98 Å². The molecule has 0 aromatic carbocycles. The maximum absolute atomic E-state index is 4.46. The second kappa shape index (κ2) is 6.31. The molecule has 1 aromatic rings. The molecule has 0 atom stereocenters. The summed E-state index contributed by atoms with van der Waals surface area (Å²) in [6.45, 7) is 9.34. The molecule has 1 aromatic heterocycles. The highest BCUT2D eigenvalue weighted by Crippen LogP contribution is 2.11. The Labute approximate surface area is 98.8 Å². The van der Waals surface area contributed by atoms with Gasteiger partial charge in [0.25, 0.3) is 0 Å². The molecule has 0 saturated carbocycles. The molecule has 0 unspecified atom stereocenters. The maximum atomic E-state index is 4.46. The predicted octanol–water partition coefficient (Wildman–Crippen LogP) is 3.86. The Kier molecular flexibility index (Phi) is 5.03. The van der Waals surface area contributed by atoms with Crippen molar-refractivity contribution in [3.8, 4) is 0 Å². The van der Waals surface area contributed by atoms with Crippen LogP contribution in [-0.4, -0.2) is 11.5 Å². The van der Waals surface area contributed by atoms with Gasteiger partial charge in [-0.3, -0.25) is 0 Å². The first kappa shape index (κ1) is 12.8. The second-order valence-electron chi connectivity index (χ2n) is 4.22. The number of hydrogen-bond donors (Lipinski definition) is 1. The van der Waals surface area contributed by atoms with Gasteiger partial charge in [0.2, 0.25) is 0 Å². The predicted molar refractivity (Wildman–Crippen MR) is 70.9 cm³/mol. The summed E-state index contributed by atoms with van der Waals surface area (Å²) in [6.07, 6.45) is 4.55. The number of aromatic nitrogens is 1. The first-order chi connectivity index (χ1) is 7.65. The third kappa shape index (κ3) is 4.05. The molecule has 2 nitrogen and oxygen atoms in total. The highest BCUT2D eigenvalue weighted by Gasteiger charge is 1.99. The largest absolute Gasteiger partial charge is 0.366 e. The number of nitrogens with zero attached hydrogens (tertiary/aromatic N) is 1. The van der Waals surface area contributed by atoms with E-state index in [1.807, 2.05) is 6.92 Å². The Bertz CT molecular complexity index is 347. The maximum Gasteiger partial charge on any atom is 0.126 e. The summed E-state index contributed by atoms with van der Waals surface area (Å²) >= 11 is 0. The van der Waals surface area contributed by atoms with Crippen LogP contribution in [0.25, 0.3) is 0 Å². The Morgan fingerprint density at radius 2 is 2.12 bits per heavy atom. The number of rotatable bonds is 5. The minimum absolute atomic E-state index is 0.903. The molecule has 0 fully saturated rings. The van der Waals surface area contributed by atoms with Crippen LogP contribution in [0.1, 0.15) is 37.9 Å². The third-order valence-electron chi connectivity index (χ3n) is 2.57. The van der Waals surface area contributed by atoms with Gasteiger partial charge in [-0.25, -0.2) is 4.98 Å². The molecule has 1 N–H and O–H groups in total. The smallest absolute Gasteiger partial charge is 0.126 e. The van der Waals surface area contributed by atoms with Gasteiger partial charge in [-0.1, -0.05) is 25.0 Å². The fourth-order valence-corrected chi connectivity index (χ4v) is 1.79. The van der Waals surface area contributed by atoms with Gasteiger partial charge in [0.15, 0.2) is 0 Å². The molecule has 0 aliphatic rings. The zero-order valence-corrected chi connectivity index (χ0v) is 10.8. The van der Waals surface area contributed by atoms with Crippen molar-refractivity contribution in [2.24, 2.45) is 0 Å². The van der Waals surface area contributed by atoms with Gasteiger partial charge < -0.3 is 5.32 Å². The summed E-state index contributed by atoms with van der Waals surface area (Å²) < 4.78 is 0. The highest BCUT2D eigenvalue weighted by molar-refractivity contribution is 5.40. The van der Waals surface area contributed by atoms with E-state index < -0.39 is 0 Å². The average Bonchev–Trinajstić information content (AvgIpc) is 2.23. The van der Waals surface area contributed by atoms with Gasteiger partial charge in [-0.2, -0.15) is 0 Å². The van der Waals surface area contributed by atoms with E-state index in [0.29, 0.717) is 0 Å². The van der Waals surface area contributed by atoms with Crippen molar-refractivity contribution in [3.63, 3.8) is 0 Å². The van der Waals surface area contributed by atoms with Crippen molar-refractivity contribution in [2.75, 3.05) is 11.9 Å². The van der Waals surface area contributed by atoms with Crippen LogP contribution in [-0.2, 0) is 0 Å². The van der Waals surface area contributed by atoms with E-state index in [1.165, 1.54) is 17.6 Å². The molecular formula is C14H22N2. The SMILES string of the molecule is C/C=C(/CCC)CNc1cc(C)cc(C)n1. The molecule has 88 valence electrons. The second-order valence-corrected chi connectivity index (χ2v) is 4.22. The Balaban J connectivity index is 2.60. The average molecular weight is 218 g/mol. The van der Waals surface area contributed by atoms with E-state index in [-0.39, 0.29) is 0 Å². The number of aryl methyl sites for hydroxylation is 2. The molecule has 1 rings (SSSR count). The Morgan fingerprint density at radius 3 is 2.69 bits per heavy atom. The lowest BCUT2D eigenvalue weighted by Gasteiger charge is -2.09. The van der Waals surface area contributed by atoms with Gasteiger partial charge in [-0.05, 0) is 44.9 Å². The fraction of sp³-hybridized carbons (Fsp3) is 0.500. The van der Waals surface area contributed by atoms with Gasteiger partial charge in [0.05, 0.1) is 0 Å². The van der Waals surface area contributed by atoms with Crippen LogP contribution in [0.15, 0.2) is 23.8 Å². The first-order valence-electron chi connectivity index (χ1n) is 5.99. The summed E-state index contributed by atoms with van der Waals surface area (Å²) in [5, 5.41) is 3.38. The Morgan fingerprint density at radius 1 is 1.38 bits per heavy atom. The molecular weight excluding hydrogens is 196 g/mol. The van der Waals surface area contributed by atoms with Crippen molar-refractivity contribution in [1.29, 1.82) is 0 Å². The van der Waals surface area contributed by atoms with E-state index >= 15 is 0 Å². The van der Waals surface area contributed by atoms with Crippen LogP contribution in [0, 0.1) is 13.8 Å². The molecule has 16 heavy (non-hydrogen) atoms. The van der Waals surface area contributed by atoms with Crippen molar-refractivity contribution in [2.45, 2.75) is 40.5 Å². The lowest BCUT2D eigenvalue weighted by Crippen LogP contribution is -2.06. The highest BCUT2D eigenvalue weighted by atomic mass is 15.0. The van der Waals surface area contributed by atoms with Crippen LogP contribution in [0.5, 0.6) is 0 Å². The Hall–Kier alpha value is -1.31. The molecule has 0 aliphatic heterocycles. The van der Waals surface area contributed by atoms with Crippen molar-refractivity contribution in [3.05, 3.63) is 35.0 Å². The number of hydrogen-bond acceptors (Lipinski definition) is 2. The van der Waals surface area contributed by atoms with Gasteiger partial charge >= 0.3 is 0 Å². The topological polar surface area (TPSA) is 24.9 Å². The fourth-order valence-electron chi connectivity index (χ4n) is 1.79. The summed E-state index contributed by atoms with van der Waals surface area (Å²) in [4.78, 5) is 4.46.